The Kier molecular flexibility index (Phi) is 3.63. The predicted octanol–water partition coefficient (Wildman–Crippen LogP) is 2.83. The third-order valence-electron chi connectivity index (χ3n) is 2.30. The minimum absolute atomic E-state index is 0.481. The van der Waals surface area contributed by atoms with Crippen LogP contribution >= 0.6 is 11.8 Å². The highest BCUT2D eigenvalue weighted by Gasteiger charge is 2.04. The van der Waals surface area contributed by atoms with E-state index in [1.54, 1.807) is 18.0 Å². The number of rotatable bonds is 3. The van der Waals surface area contributed by atoms with E-state index in [1.165, 1.54) is 0 Å². The van der Waals surface area contributed by atoms with Gasteiger partial charge in [-0.1, -0.05) is 18.2 Å². The van der Waals surface area contributed by atoms with Crippen LogP contribution in [0.2, 0.25) is 0 Å². The number of nitrogens with two attached hydrogens (primary N) is 1. The number of pyridine rings is 1. The number of benzene rings is 1. The molecule has 0 aliphatic carbocycles. The van der Waals surface area contributed by atoms with Crippen LogP contribution in [0.3, 0.4) is 0 Å². The van der Waals surface area contributed by atoms with E-state index in [4.69, 9.17) is 11.0 Å². The number of nitrogens with zero attached hydrogens (tertiary/aromatic N) is 2. The Morgan fingerprint density at radius 2 is 2.06 bits per heavy atom. The zero-order valence-electron chi connectivity index (χ0n) is 9.13. The Balaban J connectivity index is 2.13. The van der Waals surface area contributed by atoms with Gasteiger partial charge in [0, 0.05) is 22.5 Å². The number of anilines is 1. The lowest BCUT2D eigenvalue weighted by molar-refractivity contribution is 1.19. The number of para-hydroxylation sites is 1. The topological polar surface area (TPSA) is 62.7 Å². The van der Waals surface area contributed by atoms with Crippen LogP contribution in [-0.4, -0.2) is 4.98 Å². The zero-order chi connectivity index (χ0) is 12.1. The fourth-order valence-corrected chi connectivity index (χ4v) is 2.38. The van der Waals surface area contributed by atoms with Crippen molar-refractivity contribution in [1.82, 2.24) is 4.98 Å². The van der Waals surface area contributed by atoms with Gasteiger partial charge in [0.1, 0.15) is 11.8 Å². The Morgan fingerprint density at radius 3 is 2.82 bits per heavy atom. The molecule has 84 valence electrons. The van der Waals surface area contributed by atoms with Gasteiger partial charge < -0.3 is 5.73 Å². The highest BCUT2D eigenvalue weighted by atomic mass is 32.2. The second-order valence-corrected chi connectivity index (χ2v) is 4.47. The van der Waals surface area contributed by atoms with Gasteiger partial charge in [0.05, 0.1) is 0 Å². The van der Waals surface area contributed by atoms with Crippen LogP contribution in [0.1, 0.15) is 11.3 Å². The van der Waals surface area contributed by atoms with Crippen molar-refractivity contribution in [2.24, 2.45) is 0 Å². The summed E-state index contributed by atoms with van der Waals surface area (Å²) in [4.78, 5) is 5.05. The summed E-state index contributed by atoms with van der Waals surface area (Å²) in [6.07, 6.45) is 1.63. The molecule has 1 heterocycles. The number of hydrogen-bond donors (Lipinski definition) is 1. The van der Waals surface area contributed by atoms with E-state index in [-0.39, 0.29) is 0 Å². The Labute approximate surface area is 104 Å². The molecule has 17 heavy (non-hydrogen) atoms. The van der Waals surface area contributed by atoms with Gasteiger partial charge >= 0.3 is 0 Å². The predicted molar refractivity (Wildman–Crippen MR) is 69.4 cm³/mol. The van der Waals surface area contributed by atoms with Gasteiger partial charge in [0.2, 0.25) is 0 Å². The van der Waals surface area contributed by atoms with Gasteiger partial charge in [-0.05, 0) is 23.8 Å². The van der Waals surface area contributed by atoms with E-state index < -0.39 is 0 Å². The first-order valence-electron chi connectivity index (χ1n) is 5.12. The largest absolute Gasteiger partial charge is 0.398 e. The van der Waals surface area contributed by atoms with Crippen molar-refractivity contribution in [1.29, 1.82) is 5.26 Å². The number of hydrogen-bond acceptors (Lipinski definition) is 4. The SMILES string of the molecule is N#Cc1ncccc1CSc1ccccc1N. The van der Waals surface area contributed by atoms with E-state index in [0.717, 1.165) is 16.1 Å². The summed E-state index contributed by atoms with van der Waals surface area (Å²) in [5, 5.41) is 8.92. The highest BCUT2D eigenvalue weighted by Crippen LogP contribution is 2.28. The first-order valence-corrected chi connectivity index (χ1v) is 6.11. The monoisotopic (exact) mass is 241 g/mol. The number of nitriles is 1. The van der Waals surface area contributed by atoms with Gasteiger partial charge in [0.15, 0.2) is 0 Å². The molecule has 2 N–H and O–H groups in total. The molecule has 0 saturated heterocycles. The molecule has 0 atom stereocenters. The lowest BCUT2D eigenvalue weighted by Crippen LogP contribution is -1.92. The maximum atomic E-state index is 8.92. The number of aromatic nitrogens is 1. The van der Waals surface area contributed by atoms with Crippen LogP contribution in [0, 0.1) is 11.3 Å². The first-order chi connectivity index (χ1) is 8.31. The third-order valence-corrected chi connectivity index (χ3v) is 3.44. The van der Waals surface area contributed by atoms with Crippen LogP contribution in [-0.2, 0) is 5.75 Å². The maximum Gasteiger partial charge on any atom is 0.144 e. The van der Waals surface area contributed by atoms with E-state index in [0.29, 0.717) is 11.4 Å². The fourth-order valence-electron chi connectivity index (χ4n) is 1.42. The molecule has 2 aromatic rings. The van der Waals surface area contributed by atoms with Crippen LogP contribution in [0.4, 0.5) is 5.69 Å². The molecular weight excluding hydrogens is 230 g/mol. The molecule has 0 radical (unpaired) electrons. The van der Waals surface area contributed by atoms with Crippen molar-refractivity contribution in [3.05, 3.63) is 53.9 Å². The molecule has 1 aromatic heterocycles. The lowest BCUT2D eigenvalue weighted by atomic mass is 10.2. The second-order valence-electron chi connectivity index (χ2n) is 3.45. The minimum Gasteiger partial charge on any atom is -0.398 e. The summed E-state index contributed by atoms with van der Waals surface area (Å²) in [5.74, 6) is 0.699. The number of nitrogen functional groups attached to an aromatic ring is 1. The summed E-state index contributed by atoms with van der Waals surface area (Å²) in [6, 6.07) is 13.5. The summed E-state index contributed by atoms with van der Waals surface area (Å²) >= 11 is 1.61. The third kappa shape index (κ3) is 2.77. The molecule has 0 spiro atoms. The molecule has 0 bridgehead atoms. The minimum atomic E-state index is 0.481. The Bertz CT molecular complexity index is 561. The van der Waals surface area contributed by atoms with E-state index in [2.05, 4.69) is 11.1 Å². The van der Waals surface area contributed by atoms with Crippen molar-refractivity contribution < 1.29 is 0 Å². The summed E-state index contributed by atoms with van der Waals surface area (Å²) < 4.78 is 0. The molecule has 3 nitrogen and oxygen atoms in total. The van der Waals surface area contributed by atoms with Gasteiger partial charge in [-0.2, -0.15) is 5.26 Å². The Hall–Kier alpha value is -1.99. The van der Waals surface area contributed by atoms with E-state index >= 15 is 0 Å². The quantitative estimate of drug-likeness (QED) is 0.663. The van der Waals surface area contributed by atoms with Crippen molar-refractivity contribution in [3.63, 3.8) is 0 Å². The van der Waals surface area contributed by atoms with Crippen molar-refractivity contribution in [2.75, 3.05) is 5.73 Å². The van der Waals surface area contributed by atoms with Crippen LogP contribution in [0.5, 0.6) is 0 Å². The molecule has 0 aliphatic heterocycles. The molecule has 0 saturated carbocycles. The lowest BCUT2D eigenvalue weighted by Gasteiger charge is -2.05. The standard InChI is InChI=1S/C13H11N3S/c14-8-12-10(4-3-7-16-12)9-17-13-6-2-1-5-11(13)15/h1-7H,9,15H2. The smallest absolute Gasteiger partial charge is 0.144 e. The average Bonchev–Trinajstić information content (AvgIpc) is 2.38. The summed E-state index contributed by atoms with van der Waals surface area (Å²) in [7, 11) is 0. The van der Waals surface area contributed by atoms with Gasteiger partial charge in [-0.15, -0.1) is 11.8 Å². The van der Waals surface area contributed by atoms with Crippen LogP contribution < -0.4 is 5.73 Å². The summed E-state index contributed by atoms with van der Waals surface area (Å²) in [6.45, 7) is 0. The molecule has 2 rings (SSSR count). The van der Waals surface area contributed by atoms with Crippen LogP contribution in [0.15, 0.2) is 47.5 Å². The Morgan fingerprint density at radius 1 is 1.24 bits per heavy atom. The maximum absolute atomic E-state index is 8.92. The van der Waals surface area contributed by atoms with Crippen LogP contribution in [0.25, 0.3) is 0 Å². The van der Waals surface area contributed by atoms with Gasteiger partial charge in [-0.25, -0.2) is 4.98 Å². The van der Waals surface area contributed by atoms with E-state index in [1.807, 2.05) is 36.4 Å². The van der Waals surface area contributed by atoms with Gasteiger partial charge in [0.25, 0.3) is 0 Å². The molecule has 1 aromatic carbocycles. The first kappa shape index (κ1) is 11.5. The highest BCUT2D eigenvalue weighted by molar-refractivity contribution is 7.98. The fraction of sp³-hybridized carbons (Fsp3) is 0.0769. The summed E-state index contributed by atoms with van der Waals surface area (Å²) in [5.41, 5.74) is 8.03. The van der Waals surface area contributed by atoms with E-state index in [9.17, 15) is 0 Å². The molecule has 0 unspecified atom stereocenters. The second kappa shape index (κ2) is 5.37. The molecular formula is C13H11N3S. The molecule has 4 heteroatoms. The number of thioether (sulfide) groups is 1. The van der Waals surface area contributed by atoms with Gasteiger partial charge in [-0.3, -0.25) is 0 Å². The molecule has 0 fully saturated rings. The van der Waals surface area contributed by atoms with Crippen molar-refractivity contribution >= 4 is 17.4 Å². The average molecular weight is 241 g/mol. The molecule has 0 aliphatic rings. The molecule has 0 amide bonds. The van der Waals surface area contributed by atoms with Crippen molar-refractivity contribution in [2.45, 2.75) is 10.6 Å². The zero-order valence-corrected chi connectivity index (χ0v) is 9.95. The van der Waals surface area contributed by atoms with Crippen molar-refractivity contribution in [3.8, 4) is 6.07 Å². The normalized spacial score (nSPS) is 9.82.